The number of nitrogens with zero attached hydrogens (tertiary/aromatic N) is 3. The second-order valence-corrected chi connectivity index (χ2v) is 8.21. The molecule has 0 radical (unpaired) electrons. The molecule has 2 heterocycles. The number of ether oxygens (including phenoxy) is 1. The molecule has 0 amide bonds. The Morgan fingerprint density at radius 3 is 2.54 bits per heavy atom. The van der Waals surface area contributed by atoms with Crippen LogP contribution in [0, 0.1) is 0 Å². The molecule has 0 unspecified atom stereocenters. The highest BCUT2D eigenvalue weighted by molar-refractivity contribution is 7.93. The van der Waals surface area contributed by atoms with Crippen molar-refractivity contribution >= 4 is 26.5 Å². The molecule has 0 fully saturated rings. The van der Waals surface area contributed by atoms with E-state index in [-0.39, 0.29) is 12.4 Å². The molecule has 0 saturated heterocycles. The van der Waals surface area contributed by atoms with Gasteiger partial charge in [0.15, 0.2) is 0 Å². The zero-order chi connectivity index (χ0) is 19.3. The van der Waals surface area contributed by atoms with Crippen LogP contribution < -0.4 is 9.04 Å². The summed E-state index contributed by atoms with van der Waals surface area (Å²) in [5, 5.41) is 5.58. The minimum Gasteiger partial charge on any atom is -0.497 e. The van der Waals surface area contributed by atoms with E-state index in [1.165, 1.54) is 4.31 Å². The number of hydrogen-bond donors (Lipinski definition) is 0. The van der Waals surface area contributed by atoms with Crippen molar-refractivity contribution in [3.63, 3.8) is 0 Å². The van der Waals surface area contributed by atoms with Crippen LogP contribution >= 0.6 is 0 Å². The van der Waals surface area contributed by atoms with Crippen LogP contribution in [0.15, 0.2) is 70.1 Å². The van der Waals surface area contributed by atoms with Crippen LogP contribution in [0.25, 0.3) is 22.2 Å². The SMILES string of the molecule is COc1ccc(-c2noc(CN3c4cccc5cccc(c45)S3(=O)=O)n2)cc1. The Morgan fingerprint density at radius 1 is 1.04 bits per heavy atom. The van der Waals surface area contributed by atoms with Gasteiger partial charge in [0.05, 0.1) is 17.7 Å². The summed E-state index contributed by atoms with van der Waals surface area (Å²) in [7, 11) is -2.08. The molecule has 1 aliphatic heterocycles. The van der Waals surface area contributed by atoms with Crippen LogP contribution in [0.1, 0.15) is 5.89 Å². The summed E-state index contributed by atoms with van der Waals surface area (Å²) in [6.07, 6.45) is 0. The Hall–Kier alpha value is -3.39. The summed E-state index contributed by atoms with van der Waals surface area (Å²) in [5.41, 5.74) is 1.38. The molecule has 8 heteroatoms. The molecular weight excluding hydrogens is 378 g/mol. The normalized spacial score (nSPS) is 14.5. The fourth-order valence-corrected chi connectivity index (χ4v) is 5.09. The first kappa shape index (κ1) is 16.8. The lowest BCUT2D eigenvalue weighted by atomic mass is 10.1. The lowest BCUT2D eigenvalue weighted by Gasteiger charge is -2.16. The molecular formula is C20H15N3O4S. The van der Waals surface area contributed by atoms with Gasteiger partial charge in [-0.2, -0.15) is 4.98 Å². The van der Waals surface area contributed by atoms with Crippen molar-refractivity contribution in [2.45, 2.75) is 11.4 Å². The number of rotatable bonds is 4. The van der Waals surface area contributed by atoms with E-state index in [2.05, 4.69) is 10.1 Å². The minimum absolute atomic E-state index is 0.0285. The van der Waals surface area contributed by atoms with Crippen molar-refractivity contribution in [2.75, 3.05) is 11.4 Å². The summed E-state index contributed by atoms with van der Waals surface area (Å²) in [4.78, 5) is 4.67. The fourth-order valence-electron chi connectivity index (χ4n) is 3.43. The molecule has 1 aliphatic rings. The Morgan fingerprint density at radius 2 is 1.79 bits per heavy atom. The third-order valence-corrected chi connectivity index (χ3v) is 6.58. The standard InChI is InChI=1S/C20H15N3O4S/c1-26-15-10-8-14(9-11-15)20-21-18(27-22-20)12-23-16-6-2-4-13-5-3-7-17(19(13)16)28(23,24)25/h2-11H,12H2,1H3. The predicted octanol–water partition coefficient (Wildman–Crippen LogP) is 3.61. The average molecular weight is 393 g/mol. The quantitative estimate of drug-likeness (QED) is 0.527. The Balaban J connectivity index is 1.50. The molecule has 4 aromatic rings. The Labute approximate surface area is 161 Å². The van der Waals surface area contributed by atoms with Gasteiger partial charge < -0.3 is 9.26 Å². The van der Waals surface area contributed by atoms with Crippen molar-refractivity contribution in [2.24, 2.45) is 0 Å². The predicted molar refractivity (Wildman–Crippen MR) is 104 cm³/mol. The van der Waals surface area contributed by atoms with Gasteiger partial charge in [-0.05, 0) is 41.8 Å². The summed E-state index contributed by atoms with van der Waals surface area (Å²) >= 11 is 0. The van der Waals surface area contributed by atoms with E-state index in [1.54, 1.807) is 37.4 Å². The molecule has 7 nitrogen and oxygen atoms in total. The maximum Gasteiger partial charge on any atom is 0.265 e. The lowest BCUT2D eigenvalue weighted by Crippen LogP contribution is -2.26. The van der Waals surface area contributed by atoms with Crippen LogP contribution in [0.2, 0.25) is 0 Å². The first-order valence-electron chi connectivity index (χ1n) is 8.59. The second-order valence-electron chi connectivity index (χ2n) is 6.38. The van der Waals surface area contributed by atoms with Crippen LogP contribution in [0.3, 0.4) is 0 Å². The van der Waals surface area contributed by atoms with E-state index in [1.807, 2.05) is 30.3 Å². The van der Waals surface area contributed by atoms with E-state index >= 15 is 0 Å². The maximum atomic E-state index is 13.0. The highest BCUT2D eigenvalue weighted by Crippen LogP contribution is 2.42. The van der Waals surface area contributed by atoms with Gasteiger partial charge >= 0.3 is 0 Å². The van der Waals surface area contributed by atoms with E-state index in [9.17, 15) is 8.42 Å². The molecule has 0 spiro atoms. The maximum absolute atomic E-state index is 13.0. The van der Waals surface area contributed by atoms with Gasteiger partial charge in [0, 0.05) is 10.9 Å². The molecule has 0 saturated carbocycles. The molecule has 5 rings (SSSR count). The van der Waals surface area contributed by atoms with Crippen LogP contribution in [-0.4, -0.2) is 25.7 Å². The lowest BCUT2D eigenvalue weighted by molar-refractivity contribution is 0.380. The van der Waals surface area contributed by atoms with Crippen molar-refractivity contribution in [1.29, 1.82) is 0 Å². The Bertz CT molecular complexity index is 1290. The zero-order valence-electron chi connectivity index (χ0n) is 14.9. The van der Waals surface area contributed by atoms with Crippen LogP contribution in [0.5, 0.6) is 5.75 Å². The third kappa shape index (κ3) is 2.45. The van der Waals surface area contributed by atoms with Crippen molar-refractivity contribution in [1.82, 2.24) is 10.1 Å². The van der Waals surface area contributed by atoms with Crippen LogP contribution in [0.4, 0.5) is 5.69 Å². The summed E-state index contributed by atoms with van der Waals surface area (Å²) in [5.74, 6) is 1.34. The largest absolute Gasteiger partial charge is 0.497 e. The monoisotopic (exact) mass is 393 g/mol. The smallest absolute Gasteiger partial charge is 0.265 e. The third-order valence-electron chi connectivity index (χ3n) is 4.78. The molecule has 1 aromatic heterocycles. The highest BCUT2D eigenvalue weighted by atomic mass is 32.2. The van der Waals surface area contributed by atoms with Gasteiger partial charge in [0.1, 0.15) is 12.3 Å². The molecule has 0 aliphatic carbocycles. The van der Waals surface area contributed by atoms with Crippen molar-refractivity contribution in [3.05, 3.63) is 66.6 Å². The number of methoxy groups -OCH3 is 1. The fraction of sp³-hybridized carbons (Fsp3) is 0.100. The number of benzene rings is 3. The molecule has 28 heavy (non-hydrogen) atoms. The summed E-state index contributed by atoms with van der Waals surface area (Å²) < 4.78 is 37.9. The highest BCUT2D eigenvalue weighted by Gasteiger charge is 2.36. The van der Waals surface area contributed by atoms with Crippen molar-refractivity contribution in [3.8, 4) is 17.1 Å². The Kier molecular flexibility index (Phi) is 3.63. The number of anilines is 1. The minimum atomic E-state index is -3.67. The van der Waals surface area contributed by atoms with Gasteiger partial charge in [-0.3, -0.25) is 4.31 Å². The van der Waals surface area contributed by atoms with E-state index in [4.69, 9.17) is 9.26 Å². The molecule has 0 atom stereocenters. The first-order chi connectivity index (χ1) is 13.6. The van der Waals surface area contributed by atoms with Crippen LogP contribution in [-0.2, 0) is 16.6 Å². The molecule has 0 bridgehead atoms. The van der Waals surface area contributed by atoms with Gasteiger partial charge in [-0.15, -0.1) is 0 Å². The zero-order valence-corrected chi connectivity index (χ0v) is 15.7. The van der Waals surface area contributed by atoms with Crippen molar-refractivity contribution < 1.29 is 17.7 Å². The molecule has 0 N–H and O–H groups in total. The number of sulfonamides is 1. The van der Waals surface area contributed by atoms with E-state index in [0.717, 1.165) is 22.1 Å². The van der Waals surface area contributed by atoms with Gasteiger partial charge in [0.25, 0.3) is 10.0 Å². The number of hydrogen-bond acceptors (Lipinski definition) is 6. The topological polar surface area (TPSA) is 85.5 Å². The van der Waals surface area contributed by atoms with E-state index < -0.39 is 10.0 Å². The number of aromatic nitrogens is 2. The van der Waals surface area contributed by atoms with Gasteiger partial charge in [-0.1, -0.05) is 29.4 Å². The summed E-state index contributed by atoms with van der Waals surface area (Å²) in [6.45, 7) is -0.0285. The van der Waals surface area contributed by atoms with Gasteiger partial charge in [-0.25, -0.2) is 8.42 Å². The average Bonchev–Trinajstić information content (AvgIpc) is 3.27. The van der Waals surface area contributed by atoms with Gasteiger partial charge in [0.2, 0.25) is 11.7 Å². The molecule has 3 aromatic carbocycles. The first-order valence-corrected chi connectivity index (χ1v) is 10.0. The van der Waals surface area contributed by atoms with E-state index in [0.29, 0.717) is 16.4 Å². The second kappa shape index (κ2) is 6.07. The summed E-state index contributed by atoms with van der Waals surface area (Å²) in [6, 6.07) is 18.0. The molecule has 140 valence electrons.